The number of allylic oxidation sites excluding steroid dienone is 2. The lowest BCUT2D eigenvalue weighted by Gasteiger charge is -2.57. The first-order valence-corrected chi connectivity index (χ1v) is 11.6. The zero-order valence-electron chi connectivity index (χ0n) is 17.1. The third kappa shape index (κ3) is 3.00. The number of carbonyl (C=O) groups excluding carboxylic acids is 2. The fourth-order valence-corrected chi connectivity index (χ4v) is 7.58. The molecule has 154 valence electrons. The molecule has 0 aromatic rings. The summed E-state index contributed by atoms with van der Waals surface area (Å²) >= 11 is 0.429. The highest BCUT2D eigenvalue weighted by molar-refractivity contribution is 8.08. The van der Waals surface area contributed by atoms with Gasteiger partial charge in [-0.15, -0.1) is 0 Å². The van der Waals surface area contributed by atoms with Crippen molar-refractivity contribution in [3.8, 4) is 0 Å². The van der Waals surface area contributed by atoms with Gasteiger partial charge in [0.05, 0.1) is 12.0 Å². The lowest BCUT2D eigenvalue weighted by atomic mass is 9.48. The lowest BCUT2D eigenvalue weighted by Crippen LogP contribution is -2.50. The average Bonchev–Trinajstić information content (AvgIpc) is 3.04. The van der Waals surface area contributed by atoms with Crippen LogP contribution >= 0.6 is 12.0 Å². The standard InChI is InChI=1S/C23H32O4S/c1-4-20(24)27-15-9-11-22(2)14(13-15)5-6-16-17-7-8-19(21(25)28-26)23(17,3)12-10-18(16)22/h9,11,13,15-19,26H,4-8,10,12H2,1-3H3/t15?,16?,17?,18?,19?,22-,23-/m0/s1. The molecule has 7 atom stereocenters. The van der Waals surface area contributed by atoms with Gasteiger partial charge in [-0.1, -0.05) is 32.4 Å². The highest BCUT2D eigenvalue weighted by atomic mass is 32.2. The SMILES string of the molecule is CCC(=O)OC1C=C[C@@]2(C)C(=C1)CCC1C3CCC(C(=O)SO)[C@@]3(C)CCC12. The van der Waals surface area contributed by atoms with Crippen molar-refractivity contribution in [1.29, 1.82) is 0 Å². The highest BCUT2D eigenvalue weighted by Gasteiger charge is 2.59. The lowest BCUT2D eigenvalue weighted by molar-refractivity contribution is -0.145. The number of hydrogen-bond donors (Lipinski definition) is 1. The minimum Gasteiger partial charge on any atom is -0.454 e. The first kappa shape index (κ1) is 20.2. The van der Waals surface area contributed by atoms with Crippen molar-refractivity contribution in [2.24, 2.45) is 34.5 Å². The second-order valence-electron chi connectivity index (χ2n) is 9.64. The molecule has 1 N–H and O–H groups in total. The quantitative estimate of drug-likeness (QED) is 0.388. The van der Waals surface area contributed by atoms with Crippen LogP contribution in [0.25, 0.3) is 0 Å². The van der Waals surface area contributed by atoms with Gasteiger partial charge in [0, 0.05) is 17.8 Å². The van der Waals surface area contributed by atoms with Crippen molar-refractivity contribution in [2.75, 3.05) is 0 Å². The molecule has 0 aromatic carbocycles. The van der Waals surface area contributed by atoms with E-state index in [1.54, 1.807) is 0 Å². The minimum atomic E-state index is -0.226. The van der Waals surface area contributed by atoms with Crippen LogP contribution in [0.3, 0.4) is 0 Å². The summed E-state index contributed by atoms with van der Waals surface area (Å²) in [5.74, 6) is 1.62. The van der Waals surface area contributed by atoms with Crippen molar-refractivity contribution in [1.82, 2.24) is 0 Å². The maximum absolute atomic E-state index is 12.3. The third-order valence-corrected chi connectivity index (χ3v) is 9.04. The van der Waals surface area contributed by atoms with Gasteiger partial charge in [-0.05, 0) is 73.8 Å². The molecule has 0 bridgehead atoms. The van der Waals surface area contributed by atoms with Gasteiger partial charge in [0.15, 0.2) is 0 Å². The Balaban J connectivity index is 1.56. The predicted octanol–water partition coefficient (Wildman–Crippen LogP) is 5.40. The number of carbonyl (C=O) groups is 2. The predicted molar refractivity (Wildman–Crippen MR) is 110 cm³/mol. The second-order valence-corrected chi connectivity index (χ2v) is 10.2. The molecule has 0 spiro atoms. The summed E-state index contributed by atoms with van der Waals surface area (Å²) in [6.07, 6.45) is 13.1. The van der Waals surface area contributed by atoms with E-state index in [9.17, 15) is 14.1 Å². The Bertz CT molecular complexity index is 728. The normalized spacial score (nSPS) is 44.1. The van der Waals surface area contributed by atoms with Gasteiger partial charge >= 0.3 is 5.97 Å². The van der Waals surface area contributed by atoms with Crippen LogP contribution in [-0.2, 0) is 14.3 Å². The van der Waals surface area contributed by atoms with Crippen molar-refractivity contribution >= 4 is 23.1 Å². The van der Waals surface area contributed by atoms with Crippen LogP contribution in [0.1, 0.15) is 65.7 Å². The number of hydrogen-bond acceptors (Lipinski definition) is 5. The molecule has 0 saturated heterocycles. The zero-order valence-corrected chi connectivity index (χ0v) is 18.0. The van der Waals surface area contributed by atoms with Gasteiger partial charge in [-0.2, -0.15) is 0 Å². The van der Waals surface area contributed by atoms with Crippen molar-refractivity contribution in [3.05, 3.63) is 23.8 Å². The summed E-state index contributed by atoms with van der Waals surface area (Å²) in [7, 11) is 0. The molecule has 0 radical (unpaired) electrons. The monoisotopic (exact) mass is 404 g/mol. The maximum Gasteiger partial charge on any atom is 0.306 e. The Labute approximate surface area is 172 Å². The van der Waals surface area contributed by atoms with E-state index in [0.29, 0.717) is 36.2 Å². The second kappa shape index (κ2) is 7.32. The molecule has 0 amide bonds. The van der Waals surface area contributed by atoms with E-state index in [-0.39, 0.29) is 33.9 Å². The van der Waals surface area contributed by atoms with Gasteiger partial charge in [0.1, 0.15) is 6.10 Å². The minimum absolute atomic E-state index is 0.00192. The summed E-state index contributed by atoms with van der Waals surface area (Å²) in [5.41, 5.74) is 1.49. The van der Waals surface area contributed by atoms with Crippen molar-refractivity contribution < 1.29 is 18.9 Å². The Morgan fingerprint density at radius 2 is 2.00 bits per heavy atom. The molecule has 28 heavy (non-hydrogen) atoms. The number of rotatable bonds is 3. The Morgan fingerprint density at radius 3 is 2.71 bits per heavy atom. The molecule has 5 unspecified atom stereocenters. The molecule has 0 heterocycles. The summed E-state index contributed by atoms with van der Waals surface area (Å²) in [6, 6.07) is 0. The number of esters is 1. The molecule has 4 aliphatic rings. The van der Waals surface area contributed by atoms with E-state index in [4.69, 9.17) is 4.74 Å². The molecular formula is C23H32O4S. The van der Waals surface area contributed by atoms with E-state index in [0.717, 1.165) is 38.5 Å². The molecule has 3 fully saturated rings. The fraction of sp³-hybridized carbons (Fsp3) is 0.739. The van der Waals surface area contributed by atoms with Crippen LogP contribution in [0.2, 0.25) is 0 Å². The van der Waals surface area contributed by atoms with E-state index >= 15 is 0 Å². The van der Waals surface area contributed by atoms with E-state index < -0.39 is 0 Å². The van der Waals surface area contributed by atoms with Gasteiger partial charge in [-0.25, -0.2) is 0 Å². The fourth-order valence-electron chi connectivity index (χ4n) is 7.07. The smallest absolute Gasteiger partial charge is 0.306 e. The summed E-state index contributed by atoms with van der Waals surface area (Å²) in [4.78, 5) is 24.0. The van der Waals surface area contributed by atoms with E-state index in [2.05, 4.69) is 32.1 Å². The molecule has 4 nitrogen and oxygen atoms in total. The average molecular weight is 405 g/mol. The summed E-state index contributed by atoms with van der Waals surface area (Å²) in [6.45, 7) is 6.48. The van der Waals surface area contributed by atoms with Crippen molar-refractivity contribution in [3.63, 3.8) is 0 Å². The molecule has 0 aromatic heterocycles. The van der Waals surface area contributed by atoms with Crippen molar-refractivity contribution in [2.45, 2.75) is 71.8 Å². The summed E-state index contributed by atoms with van der Waals surface area (Å²) in [5, 5.41) is -0.0378. The first-order valence-electron chi connectivity index (χ1n) is 10.8. The highest BCUT2D eigenvalue weighted by Crippen LogP contribution is 2.66. The number of fused-ring (bicyclic) bond motifs is 5. The number of ether oxygens (including phenoxy) is 1. The topological polar surface area (TPSA) is 63.6 Å². The Morgan fingerprint density at radius 1 is 1.21 bits per heavy atom. The van der Waals surface area contributed by atoms with Gasteiger partial charge in [-0.3, -0.25) is 9.59 Å². The van der Waals surface area contributed by atoms with E-state index in [1.165, 1.54) is 5.57 Å². The molecule has 4 rings (SSSR count). The Kier molecular flexibility index (Phi) is 5.28. The van der Waals surface area contributed by atoms with Crippen LogP contribution in [0.15, 0.2) is 23.8 Å². The zero-order chi connectivity index (χ0) is 20.1. The van der Waals surface area contributed by atoms with Crippen LogP contribution in [-0.4, -0.2) is 21.7 Å². The Hall–Kier alpha value is -1.07. The van der Waals surface area contributed by atoms with Crippen LogP contribution in [0, 0.1) is 34.5 Å². The van der Waals surface area contributed by atoms with Gasteiger partial charge in [0.25, 0.3) is 0 Å². The molecular weight excluding hydrogens is 372 g/mol. The van der Waals surface area contributed by atoms with Crippen LogP contribution in [0.4, 0.5) is 0 Å². The molecule has 0 aliphatic heterocycles. The van der Waals surface area contributed by atoms with Gasteiger partial charge < -0.3 is 9.29 Å². The maximum atomic E-state index is 12.3. The molecule has 3 saturated carbocycles. The third-order valence-electron chi connectivity index (χ3n) is 8.57. The first-order chi connectivity index (χ1) is 13.3. The largest absolute Gasteiger partial charge is 0.454 e. The molecule has 5 heteroatoms. The van der Waals surface area contributed by atoms with E-state index in [1.807, 2.05) is 6.92 Å². The van der Waals surface area contributed by atoms with Crippen LogP contribution in [0.5, 0.6) is 0 Å². The van der Waals surface area contributed by atoms with Crippen LogP contribution < -0.4 is 0 Å². The van der Waals surface area contributed by atoms with Gasteiger partial charge in [0.2, 0.25) is 5.12 Å². The summed E-state index contributed by atoms with van der Waals surface area (Å²) < 4.78 is 14.9. The molecule has 4 aliphatic carbocycles.